The lowest BCUT2D eigenvalue weighted by Gasteiger charge is -2.31. The number of benzene rings is 1. The molecule has 128 valence electrons. The molecule has 2 rings (SSSR count). The van der Waals surface area contributed by atoms with Crippen molar-refractivity contribution in [3.8, 4) is 0 Å². The Morgan fingerprint density at radius 1 is 1.22 bits per heavy atom. The quantitative estimate of drug-likeness (QED) is 0.741. The van der Waals surface area contributed by atoms with Crippen LogP contribution in [0.2, 0.25) is 0 Å². The number of likely N-dealkylation sites (tertiary alicyclic amines) is 1. The molecular weight excluding hydrogens is 288 g/mol. The van der Waals surface area contributed by atoms with E-state index in [4.69, 9.17) is 4.74 Å². The smallest absolute Gasteiger partial charge is 0.410 e. The van der Waals surface area contributed by atoms with Gasteiger partial charge in [-0.15, -0.1) is 0 Å². The lowest BCUT2D eigenvalue weighted by molar-refractivity contribution is 0.0822. The molecule has 1 aromatic rings. The summed E-state index contributed by atoms with van der Waals surface area (Å²) < 4.78 is 5.40. The number of piperidine rings is 1. The summed E-state index contributed by atoms with van der Waals surface area (Å²) in [6, 6.07) is 9.84. The van der Waals surface area contributed by atoms with Gasteiger partial charge in [0.1, 0.15) is 6.61 Å². The highest BCUT2D eigenvalue weighted by atomic mass is 16.6. The van der Waals surface area contributed by atoms with Crippen LogP contribution in [0, 0.1) is 5.92 Å². The molecule has 23 heavy (non-hydrogen) atoms. The Morgan fingerprint density at radius 2 is 1.96 bits per heavy atom. The van der Waals surface area contributed by atoms with E-state index < -0.39 is 0 Å². The van der Waals surface area contributed by atoms with Gasteiger partial charge < -0.3 is 15.0 Å². The van der Waals surface area contributed by atoms with Gasteiger partial charge in [-0.05, 0) is 43.8 Å². The van der Waals surface area contributed by atoms with E-state index in [2.05, 4.69) is 12.2 Å². The number of hydrogen-bond donors (Lipinski definition) is 1. The van der Waals surface area contributed by atoms with E-state index in [0.717, 1.165) is 44.6 Å². The normalized spacial score (nSPS) is 15.6. The number of amides is 1. The zero-order valence-corrected chi connectivity index (χ0v) is 14.3. The predicted octanol–water partition coefficient (Wildman–Crippen LogP) is 3.82. The summed E-state index contributed by atoms with van der Waals surface area (Å²) in [5.74, 6) is 0.690. The number of carbonyl (C=O) groups is 1. The molecule has 4 nitrogen and oxygen atoms in total. The molecule has 0 aromatic heterocycles. The van der Waals surface area contributed by atoms with Crippen LogP contribution >= 0.6 is 0 Å². The second-order valence-electron chi connectivity index (χ2n) is 6.38. The van der Waals surface area contributed by atoms with Gasteiger partial charge in [-0.2, -0.15) is 0 Å². The van der Waals surface area contributed by atoms with Gasteiger partial charge in [0.05, 0.1) is 0 Å². The maximum absolute atomic E-state index is 12.1. The highest BCUT2D eigenvalue weighted by Crippen LogP contribution is 2.17. The molecule has 1 aliphatic heterocycles. The monoisotopic (exact) mass is 318 g/mol. The summed E-state index contributed by atoms with van der Waals surface area (Å²) in [5.41, 5.74) is 1.03. The van der Waals surface area contributed by atoms with Crippen LogP contribution in [0.15, 0.2) is 30.3 Å². The Balaban J connectivity index is 1.59. The lowest BCUT2D eigenvalue weighted by atomic mass is 9.97. The van der Waals surface area contributed by atoms with Crippen molar-refractivity contribution in [2.45, 2.75) is 45.6 Å². The number of ether oxygens (including phenoxy) is 1. The SMILES string of the molecule is CCCCCNCC1CCN(C(=O)OCc2ccccc2)CC1. The van der Waals surface area contributed by atoms with Crippen molar-refractivity contribution in [1.29, 1.82) is 0 Å². The van der Waals surface area contributed by atoms with E-state index in [9.17, 15) is 4.79 Å². The minimum Gasteiger partial charge on any atom is -0.445 e. The van der Waals surface area contributed by atoms with E-state index in [1.807, 2.05) is 35.2 Å². The third-order valence-corrected chi connectivity index (χ3v) is 4.47. The van der Waals surface area contributed by atoms with Gasteiger partial charge >= 0.3 is 6.09 Å². The molecule has 4 heteroatoms. The number of unbranched alkanes of at least 4 members (excludes halogenated alkanes) is 2. The molecule has 1 N–H and O–H groups in total. The van der Waals surface area contributed by atoms with Crippen LogP contribution in [-0.2, 0) is 11.3 Å². The minimum absolute atomic E-state index is 0.178. The van der Waals surface area contributed by atoms with Crippen molar-refractivity contribution in [3.63, 3.8) is 0 Å². The average molecular weight is 318 g/mol. The molecular formula is C19H30N2O2. The first-order valence-corrected chi connectivity index (χ1v) is 8.96. The fourth-order valence-electron chi connectivity index (χ4n) is 2.94. The van der Waals surface area contributed by atoms with Crippen LogP contribution in [0.1, 0.15) is 44.6 Å². The topological polar surface area (TPSA) is 41.6 Å². The Kier molecular flexibility index (Phi) is 7.95. The van der Waals surface area contributed by atoms with E-state index in [1.54, 1.807) is 0 Å². The molecule has 0 radical (unpaired) electrons. The van der Waals surface area contributed by atoms with E-state index in [1.165, 1.54) is 19.3 Å². The third kappa shape index (κ3) is 6.61. The van der Waals surface area contributed by atoms with Crippen LogP contribution in [0.5, 0.6) is 0 Å². The maximum atomic E-state index is 12.1. The van der Waals surface area contributed by atoms with Crippen LogP contribution in [-0.4, -0.2) is 37.2 Å². The lowest BCUT2D eigenvalue weighted by Crippen LogP contribution is -2.41. The second-order valence-corrected chi connectivity index (χ2v) is 6.38. The van der Waals surface area contributed by atoms with Crippen molar-refractivity contribution in [1.82, 2.24) is 10.2 Å². The van der Waals surface area contributed by atoms with Crippen LogP contribution in [0.25, 0.3) is 0 Å². The maximum Gasteiger partial charge on any atom is 0.410 e. The van der Waals surface area contributed by atoms with E-state index in [0.29, 0.717) is 12.5 Å². The van der Waals surface area contributed by atoms with Crippen molar-refractivity contribution in [3.05, 3.63) is 35.9 Å². The van der Waals surface area contributed by atoms with Crippen LogP contribution < -0.4 is 5.32 Å². The molecule has 1 saturated heterocycles. The molecule has 1 aliphatic rings. The zero-order chi connectivity index (χ0) is 16.3. The van der Waals surface area contributed by atoms with Gasteiger partial charge in [-0.1, -0.05) is 50.1 Å². The summed E-state index contributed by atoms with van der Waals surface area (Å²) in [4.78, 5) is 13.9. The number of carbonyl (C=O) groups excluding carboxylic acids is 1. The highest BCUT2D eigenvalue weighted by molar-refractivity contribution is 5.67. The summed E-state index contributed by atoms with van der Waals surface area (Å²) >= 11 is 0. The third-order valence-electron chi connectivity index (χ3n) is 4.47. The van der Waals surface area contributed by atoms with Gasteiger partial charge in [0.2, 0.25) is 0 Å². The summed E-state index contributed by atoms with van der Waals surface area (Å²) in [6.07, 6.45) is 5.80. The Hall–Kier alpha value is -1.55. The van der Waals surface area contributed by atoms with Crippen molar-refractivity contribution in [2.24, 2.45) is 5.92 Å². The fourth-order valence-corrected chi connectivity index (χ4v) is 2.94. The standard InChI is InChI=1S/C19H30N2O2/c1-2-3-7-12-20-15-17-10-13-21(14-11-17)19(22)23-16-18-8-5-4-6-9-18/h4-6,8-9,17,20H,2-3,7,10-16H2,1H3. The van der Waals surface area contributed by atoms with Gasteiger partial charge in [-0.25, -0.2) is 4.79 Å². The van der Waals surface area contributed by atoms with Crippen molar-refractivity contribution in [2.75, 3.05) is 26.2 Å². The number of hydrogen-bond acceptors (Lipinski definition) is 3. The van der Waals surface area contributed by atoms with Gasteiger partial charge in [-0.3, -0.25) is 0 Å². The Bertz CT molecular complexity index is 442. The molecule has 1 fully saturated rings. The predicted molar refractivity (Wildman–Crippen MR) is 93.3 cm³/mol. The summed E-state index contributed by atoms with van der Waals surface area (Å²) in [7, 11) is 0. The molecule has 0 atom stereocenters. The van der Waals surface area contributed by atoms with Crippen LogP contribution in [0.3, 0.4) is 0 Å². The van der Waals surface area contributed by atoms with E-state index >= 15 is 0 Å². The molecule has 0 bridgehead atoms. The van der Waals surface area contributed by atoms with Gasteiger partial charge in [0.15, 0.2) is 0 Å². The summed E-state index contributed by atoms with van der Waals surface area (Å²) in [6.45, 7) is 6.42. The molecule has 0 spiro atoms. The summed E-state index contributed by atoms with van der Waals surface area (Å²) in [5, 5.41) is 3.55. The van der Waals surface area contributed by atoms with Crippen molar-refractivity contribution >= 4 is 6.09 Å². The fraction of sp³-hybridized carbons (Fsp3) is 0.632. The first kappa shape index (κ1) is 17.8. The molecule has 0 unspecified atom stereocenters. The second kappa shape index (κ2) is 10.3. The molecule has 1 heterocycles. The Labute approximate surface area is 140 Å². The largest absolute Gasteiger partial charge is 0.445 e. The van der Waals surface area contributed by atoms with Crippen molar-refractivity contribution < 1.29 is 9.53 Å². The van der Waals surface area contributed by atoms with E-state index in [-0.39, 0.29) is 6.09 Å². The Morgan fingerprint density at radius 3 is 2.65 bits per heavy atom. The number of nitrogens with zero attached hydrogens (tertiary/aromatic N) is 1. The highest BCUT2D eigenvalue weighted by Gasteiger charge is 2.23. The first-order chi connectivity index (χ1) is 11.3. The number of nitrogens with one attached hydrogen (secondary N) is 1. The molecule has 1 amide bonds. The molecule has 0 saturated carbocycles. The molecule has 1 aromatic carbocycles. The average Bonchev–Trinajstić information content (AvgIpc) is 2.61. The van der Waals surface area contributed by atoms with Gasteiger partial charge in [0.25, 0.3) is 0 Å². The first-order valence-electron chi connectivity index (χ1n) is 8.96. The van der Waals surface area contributed by atoms with Gasteiger partial charge in [0, 0.05) is 13.1 Å². The van der Waals surface area contributed by atoms with Crippen LogP contribution in [0.4, 0.5) is 4.79 Å². The number of rotatable bonds is 8. The minimum atomic E-state index is -0.178. The molecule has 0 aliphatic carbocycles. The zero-order valence-electron chi connectivity index (χ0n) is 14.3.